The lowest BCUT2D eigenvalue weighted by molar-refractivity contribution is 0.277. The monoisotopic (exact) mass is 268 g/mol. The summed E-state index contributed by atoms with van der Waals surface area (Å²) in [4.78, 5) is 4.47. The maximum atomic E-state index is 4.47. The highest BCUT2D eigenvalue weighted by molar-refractivity contribution is 5.81. The van der Waals surface area contributed by atoms with Gasteiger partial charge in [-0.3, -0.25) is 4.98 Å². The van der Waals surface area contributed by atoms with Gasteiger partial charge >= 0.3 is 0 Å². The molecular weight excluding hydrogens is 244 g/mol. The lowest BCUT2D eigenvalue weighted by Gasteiger charge is -2.30. The maximum Gasteiger partial charge on any atom is 0.0704 e. The third kappa shape index (κ3) is 2.85. The van der Waals surface area contributed by atoms with Crippen molar-refractivity contribution in [3.05, 3.63) is 42.1 Å². The van der Waals surface area contributed by atoms with E-state index in [1.54, 1.807) is 0 Å². The minimum atomic E-state index is 0.598. The molecule has 1 heterocycles. The highest BCUT2D eigenvalue weighted by atomic mass is 14.9. The predicted octanol–water partition coefficient (Wildman–Crippen LogP) is 3.95. The molecule has 2 aromatic rings. The lowest BCUT2D eigenvalue weighted by atomic mass is 9.81. The van der Waals surface area contributed by atoms with Gasteiger partial charge < -0.3 is 5.32 Å². The first-order chi connectivity index (χ1) is 9.88. The molecule has 0 radical (unpaired) electrons. The number of likely N-dealkylation sites (N-methyl/N-ethyl adjacent to an activating group) is 1. The Morgan fingerprint density at radius 3 is 2.75 bits per heavy atom. The Bertz CT molecular complexity index is 553. The van der Waals surface area contributed by atoms with Crippen LogP contribution in [-0.4, -0.2) is 18.1 Å². The van der Waals surface area contributed by atoms with Gasteiger partial charge in [-0.15, -0.1) is 0 Å². The number of benzene rings is 1. The van der Waals surface area contributed by atoms with Crippen LogP contribution in [0, 0.1) is 5.92 Å². The molecule has 0 amide bonds. The van der Waals surface area contributed by atoms with Crippen molar-refractivity contribution in [2.75, 3.05) is 7.05 Å². The summed E-state index contributed by atoms with van der Waals surface area (Å²) in [5.74, 6) is 0.834. The molecule has 1 unspecified atom stereocenters. The van der Waals surface area contributed by atoms with Crippen LogP contribution < -0.4 is 5.32 Å². The second kappa shape index (κ2) is 6.36. The Morgan fingerprint density at radius 2 is 1.95 bits per heavy atom. The Labute approximate surface area is 121 Å². The number of aromatic nitrogens is 1. The minimum absolute atomic E-state index is 0.598. The van der Waals surface area contributed by atoms with Gasteiger partial charge in [0, 0.05) is 17.6 Å². The van der Waals surface area contributed by atoms with Crippen LogP contribution in [0.15, 0.2) is 36.5 Å². The summed E-state index contributed by atoms with van der Waals surface area (Å²) in [5, 5.41) is 4.88. The van der Waals surface area contributed by atoms with E-state index in [1.807, 2.05) is 6.20 Å². The van der Waals surface area contributed by atoms with Crippen molar-refractivity contribution in [3.63, 3.8) is 0 Å². The summed E-state index contributed by atoms with van der Waals surface area (Å²) in [7, 11) is 2.11. The van der Waals surface area contributed by atoms with Crippen LogP contribution in [0.25, 0.3) is 10.9 Å². The molecule has 1 saturated carbocycles. The van der Waals surface area contributed by atoms with Crippen LogP contribution >= 0.6 is 0 Å². The predicted molar refractivity (Wildman–Crippen MR) is 84.9 cm³/mol. The van der Waals surface area contributed by atoms with E-state index >= 15 is 0 Å². The molecule has 106 valence electrons. The van der Waals surface area contributed by atoms with Gasteiger partial charge in [0.05, 0.1) is 5.52 Å². The first kappa shape index (κ1) is 13.6. The molecule has 1 atom stereocenters. The summed E-state index contributed by atoms with van der Waals surface area (Å²) >= 11 is 0. The summed E-state index contributed by atoms with van der Waals surface area (Å²) in [6, 6.07) is 11.3. The largest absolute Gasteiger partial charge is 0.316 e. The molecule has 2 nitrogen and oxygen atoms in total. The van der Waals surface area contributed by atoms with E-state index in [1.165, 1.54) is 43.1 Å². The van der Waals surface area contributed by atoms with Crippen molar-refractivity contribution < 1.29 is 0 Å². The third-order valence-electron chi connectivity index (χ3n) is 4.77. The van der Waals surface area contributed by atoms with Crippen molar-refractivity contribution in [1.82, 2.24) is 10.3 Å². The first-order valence-corrected chi connectivity index (χ1v) is 7.88. The molecule has 0 spiro atoms. The quantitative estimate of drug-likeness (QED) is 0.908. The lowest BCUT2D eigenvalue weighted by Crippen LogP contribution is -2.36. The number of nitrogens with one attached hydrogen (secondary N) is 1. The fraction of sp³-hybridized carbons (Fsp3) is 0.500. The molecule has 2 heteroatoms. The van der Waals surface area contributed by atoms with Gasteiger partial charge in [0.1, 0.15) is 0 Å². The Kier molecular flexibility index (Phi) is 4.31. The molecule has 1 aliphatic rings. The zero-order chi connectivity index (χ0) is 13.8. The molecular formula is C18H24N2. The number of hydrogen-bond donors (Lipinski definition) is 1. The van der Waals surface area contributed by atoms with E-state index in [-0.39, 0.29) is 0 Å². The van der Waals surface area contributed by atoms with Gasteiger partial charge in [-0.25, -0.2) is 0 Å². The normalized spacial score (nSPS) is 18.2. The van der Waals surface area contributed by atoms with Crippen LogP contribution in [0.1, 0.15) is 37.7 Å². The van der Waals surface area contributed by atoms with E-state index in [2.05, 4.69) is 47.7 Å². The molecule has 3 rings (SSSR count). The number of rotatable bonds is 4. The molecule has 20 heavy (non-hydrogen) atoms. The van der Waals surface area contributed by atoms with E-state index < -0.39 is 0 Å². The van der Waals surface area contributed by atoms with Crippen LogP contribution in [0.2, 0.25) is 0 Å². The smallest absolute Gasteiger partial charge is 0.0704 e. The van der Waals surface area contributed by atoms with Crippen molar-refractivity contribution in [3.8, 4) is 0 Å². The van der Waals surface area contributed by atoms with Crippen molar-refractivity contribution in [1.29, 1.82) is 0 Å². The maximum absolute atomic E-state index is 4.47. The molecule has 1 aromatic carbocycles. The molecule has 0 saturated heterocycles. The standard InChI is InChI=1S/C18H24N2/c1-19-18(14-7-3-2-4-8-14)13-15-11-12-20-17-10-6-5-9-16(15)17/h5-6,9-12,14,18-19H,2-4,7-8,13H2,1H3. The van der Waals surface area contributed by atoms with Gasteiger partial charge in [-0.1, -0.05) is 37.5 Å². The highest BCUT2D eigenvalue weighted by Gasteiger charge is 2.23. The number of hydrogen-bond acceptors (Lipinski definition) is 2. The zero-order valence-electron chi connectivity index (χ0n) is 12.3. The van der Waals surface area contributed by atoms with Crippen molar-refractivity contribution in [2.45, 2.75) is 44.6 Å². The van der Waals surface area contributed by atoms with Gasteiger partial charge in [0.2, 0.25) is 0 Å². The van der Waals surface area contributed by atoms with Crippen molar-refractivity contribution >= 4 is 10.9 Å². The summed E-state index contributed by atoms with van der Waals surface area (Å²) in [5.41, 5.74) is 2.55. The van der Waals surface area contributed by atoms with E-state index in [9.17, 15) is 0 Å². The van der Waals surface area contributed by atoms with E-state index in [0.29, 0.717) is 6.04 Å². The molecule has 1 aromatic heterocycles. The fourth-order valence-electron chi connectivity index (χ4n) is 3.61. The fourth-order valence-corrected chi connectivity index (χ4v) is 3.61. The van der Waals surface area contributed by atoms with Crippen LogP contribution in [-0.2, 0) is 6.42 Å². The average Bonchev–Trinajstić information content (AvgIpc) is 2.53. The molecule has 1 aliphatic carbocycles. The van der Waals surface area contributed by atoms with Crippen molar-refractivity contribution in [2.24, 2.45) is 5.92 Å². The summed E-state index contributed by atoms with van der Waals surface area (Å²) in [6.45, 7) is 0. The average molecular weight is 268 g/mol. The number of para-hydroxylation sites is 1. The number of fused-ring (bicyclic) bond motifs is 1. The SMILES string of the molecule is CNC(Cc1ccnc2ccccc12)C1CCCCC1. The second-order valence-electron chi connectivity index (χ2n) is 5.98. The zero-order valence-corrected chi connectivity index (χ0v) is 12.3. The topological polar surface area (TPSA) is 24.9 Å². The first-order valence-electron chi connectivity index (χ1n) is 7.88. The Balaban J connectivity index is 1.83. The second-order valence-corrected chi connectivity index (χ2v) is 5.98. The number of pyridine rings is 1. The van der Waals surface area contributed by atoms with Crippen LogP contribution in [0.5, 0.6) is 0 Å². The van der Waals surface area contributed by atoms with Crippen LogP contribution in [0.3, 0.4) is 0 Å². The Morgan fingerprint density at radius 1 is 1.15 bits per heavy atom. The van der Waals surface area contributed by atoms with Gasteiger partial charge in [0.25, 0.3) is 0 Å². The molecule has 1 N–H and O–H groups in total. The molecule has 0 aliphatic heterocycles. The third-order valence-corrected chi connectivity index (χ3v) is 4.77. The molecule has 0 bridgehead atoms. The number of nitrogens with zero attached hydrogens (tertiary/aromatic N) is 1. The Hall–Kier alpha value is -1.41. The van der Waals surface area contributed by atoms with Gasteiger partial charge in [-0.05, 0) is 49.9 Å². The van der Waals surface area contributed by atoms with Gasteiger partial charge in [0.15, 0.2) is 0 Å². The summed E-state index contributed by atoms with van der Waals surface area (Å²) < 4.78 is 0. The van der Waals surface area contributed by atoms with E-state index in [4.69, 9.17) is 0 Å². The van der Waals surface area contributed by atoms with E-state index in [0.717, 1.165) is 17.9 Å². The minimum Gasteiger partial charge on any atom is -0.316 e. The van der Waals surface area contributed by atoms with Crippen LogP contribution in [0.4, 0.5) is 0 Å². The summed E-state index contributed by atoms with van der Waals surface area (Å²) in [6.07, 6.45) is 10.1. The highest BCUT2D eigenvalue weighted by Crippen LogP contribution is 2.29. The van der Waals surface area contributed by atoms with Gasteiger partial charge in [-0.2, -0.15) is 0 Å². The molecule has 1 fully saturated rings.